The topological polar surface area (TPSA) is 50.4 Å². The van der Waals surface area contributed by atoms with E-state index >= 15 is 0 Å². The molecule has 2 aromatic rings. The summed E-state index contributed by atoms with van der Waals surface area (Å²) in [6.07, 6.45) is -0.134. The van der Waals surface area contributed by atoms with Crippen LogP contribution >= 0.6 is 0 Å². The zero-order chi connectivity index (χ0) is 16.0. The van der Waals surface area contributed by atoms with Gasteiger partial charge in [-0.15, -0.1) is 0 Å². The Morgan fingerprint density at radius 2 is 1.67 bits per heavy atom. The first-order valence-corrected chi connectivity index (χ1v) is 6.72. The average Bonchev–Trinajstić information content (AvgIpc) is 3.26. The molecular weight excluding hydrogens is 285 g/mol. The molecule has 0 saturated heterocycles. The fourth-order valence-electron chi connectivity index (χ4n) is 1.39. The molecule has 1 heterocycles. The number of alkyl halides is 3. The lowest BCUT2D eigenvalue weighted by Gasteiger charge is -2.08. The van der Waals surface area contributed by atoms with Gasteiger partial charge in [0, 0.05) is 17.5 Å². The summed E-state index contributed by atoms with van der Waals surface area (Å²) >= 11 is 0. The molecule has 116 valence electrons. The Balaban J connectivity index is 0.000000380. The third-order valence-electron chi connectivity index (χ3n) is 2.39. The highest BCUT2D eigenvalue weighted by Gasteiger charge is 2.33. The number of benzene rings is 1. The lowest BCUT2D eigenvalue weighted by molar-refractivity contribution is -0.136. The van der Waals surface area contributed by atoms with Crippen LogP contribution in [0.1, 0.15) is 38.7 Å². The summed E-state index contributed by atoms with van der Waals surface area (Å²) in [4.78, 5) is 10.9. The molecule has 1 fully saturated rings. The molecule has 0 atom stereocenters. The molecule has 0 amide bonds. The highest BCUT2D eigenvalue weighted by atomic mass is 19.4. The Bertz CT molecular complexity index is 640. The van der Waals surface area contributed by atoms with Crippen molar-refractivity contribution in [2.24, 2.45) is 0 Å². The molecular formula is C15H17F3O3. The summed E-state index contributed by atoms with van der Waals surface area (Å²) in [6.45, 7) is 4.00. The highest BCUT2D eigenvalue weighted by molar-refractivity contribution is 5.81. The molecule has 1 aromatic heterocycles. The van der Waals surface area contributed by atoms with Crippen molar-refractivity contribution in [3.63, 3.8) is 0 Å². The first kappa shape index (κ1) is 17.1. The molecule has 1 aromatic carbocycles. The van der Waals surface area contributed by atoms with E-state index in [1.807, 2.05) is 13.8 Å². The van der Waals surface area contributed by atoms with Crippen LogP contribution in [0.4, 0.5) is 13.2 Å². The Hall–Kier alpha value is -1.98. The van der Waals surface area contributed by atoms with Gasteiger partial charge in [0.05, 0.1) is 5.56 Å². The second-order valence-corrected chi connectivity index (χ2v) is 4.22. The minimum absolute atomic E-state index is 0.259. The van der Waals surface area contributed by atoms with Gasteiger partial charge in [-0.1, -0.05) is 33.1 Å². The maximum Gasteiger partial charge on any atom is 0.417 e. The predicted molar refractivity (Wildman–Crippen MR) is 74.3 cm³/mol. The third-order valence-corrected chi connectivity index (χ3v) is 2.39. The minimum Gasteiger partial charge on any atom is -0.508 e. The first-order chi connectivity index (χ1) is 9.88. The number of hydrogen-bond donors (Lipinski definition) is 1. The van der Waals surface area contributed by atoms with E-state index in [0.717, 1.165) is 18.2 Å². The van der Waals surface area contributed by atoms with Crippen molar-refractivity contribution in [1.29, 1.82) is 0 Å². The predicted octanol–water partition coefficient (Wildman–Crippen LogP) is 4.71. The molecule has 1 saturated carbocycles. The second-order valence-electron chi connectivity index (χ2n) is 4.22. The van der Waals surface area contributed by atoms with Crippen LogP contribution in [0.3, 0.4) is 0 Å². The maximum atomic E-state index is 12.6. The number of hydrogen-bond acceptors (Lipinski definition) is 3. The van der Waals surface area contributed by atoms with E-state index in [4.69, 9.17) is 5.11 Å². The van der Waals surface area contributed by atoms with Gasteiger partial charge in [-0.3, -0.25) is 0 Å². The van der Waals surface area contributed by atoms with Crippen LogP contribution in [0.5, 0.6) is 5.75 Å². The van der Waals surface area contributed by atoms with Gasteiger partial charge < -0.3 is 9.52 Å². The van der Waals surface area contributed by atoms with Gasteiger partial charge in [0.15, 0.2) is 0 Å². The normalized spacial score (nSPS) is 12.8. The zero-order valence-corrected chi connectivity index (χ0v) is 11.8. The van der Waals surface area contributed by atoms with Crippen LogP contribution in [0, 0.1) is 0 Å². The Labute approximate surface area is 120 Å². The first-order valence-electron chi connectivity index (χ1n) is 6.72. The average molecular weight is 302 g/mol. The Morgan fingerprint density at radius 1 is 1.10 bits per heavy atom. The zero-order valence-electron chi connectivity index (χ0n) is 11.8. The number of phenolic OH excluding ortho intramolecular Hbond substituents is 1. The third kappa shape index (κ3) is 5.13. The van der Waals surface area contributed by atoms with Crippen molar-refractivity contribution >= 4 is 11.0 Å². The standard InChI is InChI=1S/C10H5F3O3.C3H6.C2H6/c11-10(12,13)7-4-9(15)16-8-3-5(14)1-2-6(7)8;1-2-3-1;1-2/h1-4,14H;1-3H2;1-2H3. The quantitative estimate of drug-likeness (QED) is 0.717. The van der Waals surface area contributed by atoms with Crippen LogP contribution in [-0.4, -0.2) is 5.11 Å². The minimum atomic E-state index is -4.63. The van der Waals surface area contributed by atoms with Gasteiger partial charge in [-0.25, -0.2) is 4.79 Å². The lowest BCUT2D eigenvalue weighted by atomic mass is 10.1. The van der Waals surface area contributed by atoms with E-state index in [-0.39, 0.29) is 16.7 Å². The Kier molecular flexibility index (Phi) is 5.81. The molecule has 1 aliphatic carbocycles. The molecule has 0 spiro atoms. The smallest absolute Gasteiger partial charge is 0.417 e. The number of rotatable bonds is 0. The van der Waals surface area contributed by atoms with E-state index in [9.17, 15) is 18.0 Å². The molecule has 3 nitrogen and oxygen atoms in total. The van der Waals surface area contributed by atoms with Gasteiger partial charge in [0.2, 0.25) is 0 Å². The van der Waals surface area contributed by atoms with Gasteiger partial charge in [0.1, 0.15) is 11.3 Å². The number of aromatic hydroxyl groups is 1. The summed E-state index contributed by atoms with van der Waals surface area (Å²) in [5, 5.41) is 8.81. The van der Waals surface area contributed by atoms with Crippen molar-refractivity contribution in [2.45, 2.75) is 39.3 Å². The molecule has 3 rings (SSSR count). The van der Waals surface area contributed by atoms with E-state index in [1.165, 1.54) is 19.3 Å². The van der Waals surface area contributed by atoms with E-state index < -0.39 is 17.4 Å². The number of phenols is 1. The van der Waals surface area contributed by atoms with Crippen molar-refractivity contribution in [3.8, 4) is 5.75 Å². The fraction of sp³-hybridized carbons (Fsp3) is 0.400. The van der Waals surface area contributed by atoms with Gasteiger partial charge >= 0.3 is 11.8 Å². The molecule has 21 heavy (non-hydrogen) atoms. The van der Waals surface area contributed by atoms with Crippen molar-refractivity contribution in [1.82, 2.24) is 0 Å². The summed E-state index contributed by atoms with van der Waals surface area (Å²) in [5.74, 6) is -0.269. The molecule has 1 N–H and O–H groups in total. The molecule has 0 bridgehead atoms. The maximum absolute atomic E-state index is 12.6. The van der Waals surface area contributed by atoms with Crippen LogP contribution in [0.25, 0.3) is 11.0 Å². The summed E-state index contributed by atoms with van der Waals surface area (Å²) in [7, 11) is 0. The van der Waals surface area contributed by atoms with Crippen LogP contribution < -0.4 is 5.63 Å². The number of halogens is 3. The van der Waals surface area contributed by atoms with Gasteiger partial charge in [-0.05, 0) is 12.1 Å². The highest BCUT2D eigenvalue weighted by Crippen LogP contribution is 2.34. The van der Waals surface area contributed by atoms with Crippen molar-refractivity contribution in [2.75, 3.05) is 0 Å². The van der Waals surface area contributed by atoms with E-state index in [1.54, 1.807) is 0 Å². The number of fused-ring (bicyclic) bond motifs is 1. The van der Waals surface area contributed by atoms with Gasteiger partial charge in [-0.2, -0.15) is 13.2 Å². The summed E-state index contributed by atoms with van der Waals surface area (Å²) in [6, 6.07) is 3.50. The van der Waals surface area contributed by atoms with Gasteiger partial charge in [0.25, 0.3) is 0 Å². The SMILES string of the molecule is C1CC1.CC.O=c1cc(C(F)(F)F)c2ccc(O)cc2o1. The monoisotopic (exact) mass is 302 g/mol. The van der Waals surface area contributed by atoms with E-state index in [0.29, 0.717) is 6.07 Å². The second kappa shape index (κ2) is 7.15. The van der Waals surface area contributed by atoms with Crippen molar-refractivity contribution < 1.29 is 22.7 Å². The summed E-state index contributed by atoms with van der Waals surface area (Å²) in [5.41, 5.74) is -2.47. The fourth-order valence-corrected chi connectivity index (χ4v) is 1.39. The van der Waals surface area contributed by atoms with Crippen LogP contribution in [0.15, 0.2) is 33.5 Å². The molecule has 6 heteroatoms. The molecule has 1 aliphatic rings. The molecule has 0 unspecified atom stereocenters. The van der Waals surface area contributed by atoms with Crippen LogP contribution in [0.2, 0.25) is 0 Å². The molecule has 0 aliphatic heterocycles. The summed E-state index contributed by atoms with van der Waals surface area (Å²) < 4.78 is 42.2. The van der Waals surface area contributed by atoms with Crippen LogP contribution in [-0.2, 0) is 6.18 Å². The molecule has 0 radical (unpaired) electrons. The van der Waals surface area contributed by atoms with E-state index in [2.05, 4.69) is 4.42 Å². The Morgan fingerprint density at radius 3 is 2.14 bits per heavy atom. The lowest BCUT2D eigenvalue weighted by Crippen LogP contribution is -2.10. The van der Waals surface area contributed by atoms with Crippen molar-refractivity contribution in [3.05, 3.63) is 40.2 Å². The largest absolute Gasteiger partial charge is 0.508 e.